The zero-order chi connectivity index (χ0) is 9.10. The van der Waals surface area contributed by atoms with Crippen molar-refractivity contribution in [2.45, 2.75) is 13.3 Å². The Hall–Kier alpha value is -1.08. The fourth-order valence-electron chi connectivity index (χ4n) is 1.44. The molecule has 0 aliphatic heterocycles. The summed E-state index contributed by atoms with van der Waals surface area (Å²) in [6, 6.07) is 8.58. The van der Waals surface area contributed by atoms with Crippen molar-refractivity contribution in [3.05, 3.63) is 47.4 Å². The Labute approximate surface area is 82.5 Å². The molecule has 1 aromatic carbocycles. The van der Waals surface area contributed by atoms with Crippen molar-refractivity contribution in [3.8, 4) is 0 Å². The molecule has 66 valence electrons. The Morgan fingerprint density at radius 3 is 3.00 bits per heavy atom. The first kappa shape index (κ1) is 8.52. The van der Waals surface area contributed by atoms with Crippen molar-refractivity contribution in [2.24, 2.45) is 0 Å². The Kier molecular flexibility index (Phi) is 2.46. The van der Waals surface area contributed by atoms with Crippen LogP contribution < -0.4 is 0 Å². The molecule has 2 rings (SSSR count). The minimum Gasteiger partial charge on any atom is -0.144 e. The Balaban J connectivity index is 2.45. The summed E-state index contributed by atoms with van der Waals surface area (Å²) in [6.45, 7) is 2.06. The van der Waals surface area contributed by atoms with Gasteiger partial charge in [-0.3, -0.25) is 0 Å². The number of fused-ring (bicyclic) bond motifs is 1. The van der Waals surface area contributed by atoms with Crippen LogP contribution in [-0.4, -0.2) is 0 Å². The third-order valence-electron chi connectivity index (χ3n) is 2.13. The van der Waals surface area contributed by atoms with Gasteiger partial charge in [0.1, 0.15) is 0 Å². The molecule has 0 saturated heterocycles. The van der Waals surface area contributed by atoms with Gasteiger partial charge in [-0.05, 0) is 35.7 Å². The Morgan fingerprint density at radius 2 is 2.15 bits per heavy atom. The average molecular weight is 188 g/mol. The monoisotopic (exact) mass is 188 g/mol. The van der Waals surface area contributed by atoms with Crippen LogP contribution in [0.2, 0.25) is 0 Å². The summed E-state index contributed by atoms with van der Waals surface area (Å²) in [5.41, 5.74) is 1.44. The van der Waals surface area contributed by atoms with Gasteiger partial charge in [0, 0.05) is 4.70 Å². The number of thiophene rings is 1. The highest BCUT2D eigenvalue weighted by Crippen LogP contribution is 2.25. The second-order valence-electron chi connectivity index (χ2n) is 3.03. The molecule has 0 aliphatic carbocycles. The largest absolute Gasteiger partial charge is 0.144 e. The molecule has 1 aromatic heterocycles. The smallest absolute Gasteiger partial charge is 0.0345 e. The molecule has 1 heteroatoms. The Morgan fingerprint density at radius 1 is 1.31 bits per heavy atom. The summed E-state index contributed by atoms with van der Waals surface area (Å²) in [5.74, 6) is 0. The summed E-state index contributed by atoms with van der Waals surface area (Å²) in [7, 11) is 0. The lowest BCUT2D eigenvalue weighted by Crippen LogP contribution is -1.75. The predicted octanol–water partition coefficient (Wildman–Crippen LogP) is 4.02. The van der Waals surface area contributed by atoms with E-state index >= 15 is 0 Å². The molecular formula is C12H12S. The Bertz CT molecular complexity index is 423. The van der Waals surface area contributed by atoms with E-state index in [4.69, 9.17) is 0 Å². The van der Waals surface area contributed by atoms with Crippen LogP contribution in [0.25, 0.3) is 10.1 Å². The number of hydrogen-bond donors (Lipinski definition) is 0. The molecule has 0 spiro atoms. The van der Waals surface area contributed by atoms with E-state index in [2.05, 4.69) is 48.7 Å². The maximum absolute atomic E-state index is 2.25. The van der Waals surface area contributed by atoms with Crippen molar-refractivity contribution < 1.29 is 0 Å². The van der Waals surface area contributed by atoms with Crippen LogP contribution in [0.3, 0.4) is 0 Å². The number of allylic oxidation sites excluding steroid dienone is 2. The van der Waals surface area contributed by atoms with E-state index in [0.29, 0.717) is 0 Å². The normalized spacial score (nSPS) is 11.5. The van der Waals surface area contributed by atoms with Crippen LogP contribution in [0.4, 0.5) is 0 Å². The highest BCUT2D eigenvalue weighted by Gasteiger charge is 1.99. The molecule has 0 amide bonds. The van der Waals surface area contributed by atoms with Crippen molar-refractivity contribution in [2.75, 3.05) is 0 Å². The number of benzene rings is 1. The van der Waals surface area contributed by atoms with Gasteiger partial charge >= 0.3 is 0 Å². The molecule has 1 heterocycles. The van der Waals surface area contributed by atoms with Gasteiger partial charge in [0.05, 0.1) is 0 Å². The maximum atomic E-state index is 2.25. The molecule has 13 heavy (non-hydrogen) atoms. The van der Waals surface area contributed by atoms with E-state index in [-0.39, 0.29) is 0 Å². The van der Waals surface area contributed by atoms with Crippen LogP contribution in [0, 0.1) is 0 Å². The summed E-state index contributed by atoms with van der Waals surface area (Å²) >= 11 is 1.83. The van der Waals surface area contributed by atoms with E-state index in [1.54, 1.807) is 0 Å². The van der Waals surface area contributed by atoms with Crippen LogP contribution in [-0.2, 0) is 6.42 Å². The SMILES string of the molecule is CC=CCc1csc2ccccc12. The summed E-state index contributed by atoms with van der Waals surface area (Å²) in [4.78, 5) is 0. The van der Waals surface area contributed by atoms with Gasteiger partial charge in [-0.25, -0.2) is 0 Å². The van der Waals surface area contributed by atoms with Crippen LogP contribution in [0.15, 0.2) is 41.8 Å². The van der Waals surface area contributed by atoms with Gasteiger partial charge < -0.3 is 0 Å². The second kappa shape index (κ2) is 3.75. The molecule has 0 aliphatic rings. The zero-order valence-corrected chi connectivity index (χ0v) is 8.47. The lowest BCUT2D eigenvalue weighted by molar-refractivity contribution is 1.31. The van der Waals surface area contributed by atoms with Gasteiger partial charge in [0.2, 0.25) is 0 Å². The molecule has 0 radical (unpaired) electrons. The lowest BCUT2D eigenvalue weighted by Gasteiger charge is -1.92. The van der Waals surface area contributed by atoms with Crippen molar-refractivity contribution in [1.82, 2.24) is 0 Å². The van der Waals surface area contributed by atoms with Gasteiger partial charge in [0.15, 0.2) is 0 Å². The van der Waals surface area contributed by atoms with Crippen molar-refractivity contribution >= 4 is 21.4 Å². The van der Waals surface area contributed by atoms with E-state index in [9.17, 15) is 0 Å². The molecule has 0 unspecified atom stereocenters. The summed E-state index contributed by atoms with van der Waals surface area (Å²) < 4.78 is 1.39. The van der Waals surface area contributed by atoms with E-state index in [1.165, 1.54) is 15.6 Å². The van der Waals surface area contributed by atoms with Crippen LogP contribution in [0.5, 0.6) is 0 Å². The third kappa shape index (κ3) is 1.65. The van der Waals surface area contributed by atoms with Gasteiger partial charge in [-0.15, -0.1) is 11.3 Å². The highest BCUT2D eigenvalue weighted by atomic mass is 32.1. The quantitative estimate of drug-likeness (QED) is 0.624. The summed E-state index contributed by atoms with van der Waals surface area (Å²) in [6.07, 6.45) is 5.36. The molecule has 0 atom stereocenters. The van der Waals surface area contributed by atoms with Crippen molar-refractivity contribution in [3.63, 3.8) is 0 Å². The molecule has 0 nitrogen and oxygen atoms in total. The highest BCUT2D eigenvalue weighted by molar-refractivity contribution is 7.17. The van der Waals surface area contributed by atoms with Crippen molar-refractivity contribution in [1.29, 1.82) is 0 Å². The molecule has 0 fully saturated rings. The molecule has 0 N–H and O–H groups in total. The molecule has 2 aromatic rings. The number of hydrogen-bond acceptors (Lipinski definition) is 1. The van der Waals surface area contributed by atoms with Gasteiger partial charge in [-0.2, -0.15) is 0 Å². The zero-order valence-electron chi connectivity index (χ0n) is 7.66. The van der Waals surface area contributed by atoms with E-state index in [1.807, 2.05) is 11.3 Å². The first-order valence-electron chi connectivity index (χ1n) is 4.48. The van der Waals surface area contributed by atoms with Gasteiger partial charge in [0.25, 0.3) is 0 Å². The predicted molar refractivity (Wildman–Crippen MR) is 60.3 cm³/mol. The maximum Gasteiger partial charge on any atom is 0.0345 e. The van der Waals surface area contributed by atoms with Crippen LogP contribution in [0.1, 0.15) is 12.5 Å². The summed E-state index contributed by atoms with van der Waals surface area (Å²) in [5, 5.41) is 3.66. The average Bonchev–Trinajstić information content (AvgIpc) is 2.58. The fourth-order valence-corrected chi connectivity index (χ4v) is 2.41. The van der Waals surface area contributed by atoms with E-state index < -0.39 is 0 Å². The van der Waals surface area contributed by atoms with E-state index in [0.717, 1.165) is 6.42 Å². The standard InChI is InChI=1S/C12H12S/c1-2-3-6-10-9-13-12-8-5-4-7-11(10)12/h2-5,7-9H,6H2,1H3. The molecule has 0 bridgehead atoms. The topological polar surface area (TPSA) is 0 Å². The third-order valence-corrected chi connectivity index (χ3v) is 3.15. The van der Waals surface area contributed by atoms with Crippen LogP contribution >= 0.6 is 11.3 Å². The first-order chi connectivity index (χ1) is 6.42. The minimum absolute atomic E-state index is 1.06. The lowest BCUT2D eigenvalue weighted by atomic mass is 10.1. The molecule has 0 saturated carbocycles. The fraction of sp³-hybridized carbons (Fsp3) is 0.167. The minimum atomic E-state index is 1.06. The molecular weight excluding hydrogens is 176 g/mol. The number of rotatable bonds is 2. The van der Waals surface area contributed by atoms with Gasteiger partial charge in [-0.1, -0.05) is 30.4 Å². The second-order valence-corrected chi connectivity index (χ2v) is 3.94. The first-order valence-corrected chi connectivity index (χ1v) is 5.36.